The van der Waals surface area contributed by atoms with Crippen LogP contribution in [0.25, 0.3) is 11.8 Å². The fourth-order valence-electron chi connectivity index (χ4n) is 5.27. The van der Waals surface area contributed by atoms with Crippen LogP contribution < -0.4 is 24.4 Å². The largest absolute Gasteiger partial charge is 0.493 e. The first-order chi connectivity index (χ1) is 22.7. The van der Waals surface area contributed by atoms with E-state index in [-0.39, 0.29) is 25.4 Å². The number of halogens is 1. The Hall–Kier alpha value is -4.48. The number of esters is 2. The standard InChI is InChI=1S/C36H35BrN2O7S/c1-6-44-29(40)20-46-33-26(37)17-22(18-27(33)43-5)19-28-34(41)39-32(25-15-13-23(14-16-25)21(3)4)30(35(42)45-7-2)31(38-36(39)47-28)24-11-9-8-10-12-24/h8-19,21,32H,6-7,20H2,1-5H3/b28-19-/t32-/m1/s1. The van der Waals surface area contributed by atoms with Crippen LogP contribution in [0, 0.1) is 0 Å². The Morgan fingerprint density at radius 2 is 1.72 bits per heavy atom. The van der Waals surface area contributed by atoms with Crippen LogP contribution in [0.3, 0.4) is 0 Å². The first-order valence-electron chi connectivity index (χ1n) is 15.2. The molecule has 2 heterocycles. The van der Waals surface area contributed by atoms with Crippen molar-refractivity contribution >= 4 is 51.0 Å². The second-order valence-corrected chi connectivity index (χ2v) is 12.7. The van der Waals surface area contributed by atoms with Crippen LogP contribution in [0.2, 0.25) is 0 Å². The Kier molecular flexibility index (Phi) is 10.8. The van der Waals surface area contributed by atoms with Crippen molar-refractivity contribution in [3.8, 4) is 11.5 Å². The zero-order valence-corrected chi connectivity index (χ0v) is 29.1. The van der Waals surface area contributed by atoms with Gasteiger partial charge in [-0.3, -0.25) is 9.36 Å². The maximum atomic E-state index is 14.3. The monoisotopic (exact) mass is 718 g/mol. The molecule has 4 aromatic rings. The van der Waals surface area contributed by atoms with E-state index in [9.17, 15) is 14.4 Å². The van der Waals surface area contributed by atoms with Gasteiger partial charge in [-0.15, -0.1) is 0 Å². The molecule has 5 rings (SSSR count). The number of fused-ring (bicyclic) bond motifs is 1. The SMILES string of the molecule is CCOC(=O)COc1c(Br)cc(/C=c2\sc3n(c2=O)[C@H](c2ccc(C(C)C)cc2)C(C(=O)OCC)=C(c2ccccc2)N=3)cc1OC. The van der Waals surface area contributed by atoms with Gasteiger partial charge in [-0.05, 0) is 70.6 Å². The average Bonchev–Trinajstić information content (AvgIpc) is 3.37. The molecule has 3 aromatic carbocycles. The number of methoxy groups -OCH3 is 1. The summed E-state index contributed by atoms with van der Waals surface area (Å²) in [5, 5.41) is 0. The van der Waals surface area contributed by atoms with Gasteiger partial charge < -0.3 is 18.9 Å². The summed E-state index contributed by atoms with van der Waals surface area (Å²) in [7, 11) is 1.49. The number of benzene rings is 3. The summed E-state index contributed by atoms with van der Waals surface area (Å²) in [5.41, 5.74) is 3.74. The van der Waals surface area contributed by atoms with Crippen molar-refractivity contribution in [3.05, 3.63) is 119 Å². The molecule has 0 aliphatic carbocycles. The smallest absolute Gasteiger partial charge is 0.344 e. The highest BCUT2D eigenvalue weighted by molar-refractivity contribution is 9.10. The van der Waals surface area contributed by atoms with Gasteiger partial charge in [0.25, 0.3) is 5.56 Å². The number of hydrogen-bond acceptors (Lipinski definition) is 9. The lowest BCUT2D eigenvalue weighted by molar-refractivity contribution is -0.145. The van der Waals surface area contributed by atoms with E-state index in [2.05, 4.69) is 29.8 Å². The topological polar surface area (TPSA) is 105 Å². The minimum Gasteiger partial charge on any atom is -0.493 e. The van der Waals surface area contributed by atoms with Gasteiger partial charge in [0, 0.05) is 5.56 Å². The van der Waals surface area contributed by atoms with Crippen molar-refractivity contribution < 1.29 is 28.5 Å². The molecule has 1 aliphatic heterocycles. The quantitative estimate of drug-likeness (QED) is 0.181. The first-order valence-corrected chi connectivity index (χ1v) is 16.8. The molecule has 47 heavy (non-hydrogen) atoms. The molecule has 1 aromatic heterocycles. The van der Waals surface area contributed by atoms with E-state index in [0.717, 1.165) is 16.7 Å². The number of rotatable bonds is 11. The molecule has 0 amide bonds. The normalized spacial score (nSPS) is 14.4. The third-order valence-corrected chi connectivity index (χ3v) is 9.05. The van der Waals surface area contributed by atoms with Gasteiger partial charge in [-0.2, -0.15) is 0 Å². The van der Waals surface area contributed by atoms with E-state index < -0.39 is 18.0 Å². The fraction of sp³-hybridized carbons (Fsp3) is 0.278. The summed E-state index contributed by atoms with van der Waals surface area (Å²) in [4.78, 5) is 45.2. The number of hydrogen-bond donors (Lipinski definition) is 0. The third kappa shape index (κ3) is 7.26. The minimum atomic E-state index is -0.774. The molecule has 244 valence electrons. The summed E-state index contributed by atoms with van der Waals surface area (Å²) in [6, 6.07) is 20.1. The van der Waals surface area contributed by atoms with Crippen LogP contribution in [-0.2, 0) is 19.1 Å². The lowest BCUT2D eigenvalue weighted by atomic mass is 9.91. The number of ether oxygens (including phenoxy) is 4. The third-order valence-electron chi connectivity index (χ3n) is 7.48. The van der Waals surface area contributed by atoms with Crippen LogP contribution in [0.5, 0.6) is 11.5 Å². The molecule has 0 saturated carbocycles. The van der Waals surface area contributed by atoms with Crippen LogP contribution >= 0.6 is 27.3 Å². The summed E-state index contributed by atoms with van der Waals surface area (Å²) in [6.45, 7) is 7.83. The molecule has 1 aliphatic rings. The average molecular weight is 720 g/mol. The predicted octanol–water partition coefficient (Wildman–Crippen LogP) is 5.77. The highest BCUT2D eigenvalue weighted by atomic mass is 79.9. The number of carbonyl (C=O) groups excluding carboxylic acids is 2. The van der Waals surface area contributed by atoms with Crippen molar-refractivity contribution in [1.82, 2.24) is 4.57 Å². The Labute approximate surface area is 284 Å². The molecule has 0 saturated heterocycles. The predicted molar refractivity (Wildman–Crippen MR) is 184 cm³/mol. The van der Waals surface area contributed by atoms with Gasteiger partial charge in [0.2, 0.25) is 0 Å². The molecule has 0 N–H and O–H groups in total. The Morgan fingerprint density at radius 3 is 2.36 bits per heavy atom. The lowest BCUT2D eigenvalue weighted by Crippen LogP contribution is -2.40. The molecule has 11 heteroatoms. The van der Waals surface area contributed by atoms with Gasteiger partial charge in [0.05, 0.1) is 46.6 Å². The maximum absolute atomic E-state index is 14.3. The first kappa shape index (κ1) is 33.9. The molecule has 0 radical (unpaired) electrons. The molecule has 0 unspecified atom stereocenters. The molecule has 0 bridgehead atoms. The number of carbonyl (C=O) groups is 2. The van der Waals surface area contributed by atoms with Crippen LogP contribution in [-0.4, -0.2) is 43.4 Å². The van der Waals surface area contributed by atoms with Crippen molar-refractivity contribution in [1.29, 1.82) is 0 Å². The zero-order chi connectivity index (χ0) is 33.7. The van der Waals surface area contributed by atoms with Crippen molar-refractivity contribution in [2.75, 3.05) is 26.9 Å². The Bertz CT molecular complexity index is 2000. The van der Waals surface area contributed by atoms with Gasteiger partial charge >= 0.3 is 11.9 Å². The molecule has 1 atom stereocenters. The fourth-order valence-corrected chi connectivity index (χ4v) is 6.84. The second-order valence-electron chi connectivity index (χ2n) is 10.9. The van der Waals surface area contributed by atoms with Gasteiger partial charge in [-0.25, -0.2) is 14.6 Å². The van der Waals surface area contributed by atoms with Crippen LogP contribution in [0.4, 0.5) is 0 Å². The maximum Gasteiger partial charge on any atom is 0.344 e. The highest BCUT2D eigenvalue weighted by Gasteiger charge is 2.35. The van der Waals surface area contributed by atoms with Crippen molar-refractivity contribution in [3.63, 3.8) is 0 Å². The van der Waals surface area contributed by atoms with E-state index in [1.807, 2.05) is 54.6 Å². The Balaban J connectivity index is 1.70. The molecular weight excluding hydrogens is 684 g/mol. The van der Waals surface area contributed by atoms with E-state index in [1.165, 1.54) is 18.4 Å². The van der Waals surface area contributed by atoms with Crippen LogP contribution in [0.1, 0.15) is 61.9 Å². The molecule has 0 fully saturated rings. The van der Waals surface area contributed by atoms with E-state index in [1.54, 1.807) is 36.6 Å². The molecular formula is C36H35BrN2O7S. The number of nitrogens with zero attached hydrogens (tertiary/aromatic N) is 2. The minimum absolute atomic E-state index is 0.171. The van der Waals surface area contributed by atoms with Gasteiger partial charge in [0.15, 0.2) is 22.9 Å². The van der Waals surface area contributed by atoms with Crippen molar-refractivity contribution in [2.24, 2.45) is 4.99 Å². The van der Waals surface area contributed by atoms with Crippen molar-refractivity contribution in [2.45, 2.75) is 39.7 Å². The van der Waals surface area contributed by atoms with E-state index in [4.69, 9.17) is 23.9 Å². The summed E-state index contributed by atoms with van der Waals surface area (Å²) in [6.07, 6.45) is 1.74. The second kappa shape index (κ2) is 15.0. The van der Waals surface area contributed by atoms with Gasteiger partial charge in [0.1, 0.15) is 0 Å². The van der Waals surface area contributed by atoms with E-state index >= 15 is 0 Å². The summed E-state index contributed by atoms with van der Waals surface area (Å²) < 4.78 is 24.3. The van der Waals surface area contributed by atoms with E-state index in [0.29, 0.717) is 48.1 Å². The molecule has 9 nitrogen and oxygen atoms in total. The lowest BCUT2D eigenvalue weighted by Gasteiger charge is -2.26. The zero-order valence-electron chi connectivity index (χ0n) is 26.7. The summed E-state index contributed by atoms with van der Waals surface area (Å²) >= 11 is 4.74. The highest BCUT2D eigenvalue weighted by Crippen LogP contribution is 2.38. The van der Waals surface area contributed by atoms with Gasteiger partial charge in [-0.1, -0.05) is 79.8 Å². The summed E-state index contributed by atoms with van der Waals surface area (Å²) in [5.74, 6) is -0.0342. The Morgan fingerprint density at radius 1 is 1.02 bits per heavy atom. The number of thiazole rings is 1. The molecule has 0 spiro atoms. The number of aromatic nitrogens is 1. The van der Waals surface area contributed by atoms with Crippen LogP contribution in [0.15, 0.2) is 86.6 Å².